The lowest BCUT2D eigenvalue weighted by molar-refractivity contribution is -0.137. The van der Waals surface area contributed by atoms with E-state index in [1.54, 1.807) is 13.1 Å². The Morgan fingerprint density at radius 2 is 2.20 bits per heavy atom. The molecular formula is C15H13N3O2. The van der Waals surface area contributed by atoms with E-state index in [-0.39, 0.29) is 12.2 Å². The van der Waals surface area contributed by atoms with Gasteiger partial charge in [-0.15, -0.1) is 0 Å². The smallest absolute Gasteiger partial charge is 0.348 e. The Morgan fingerprint density at radius 3 is 2.85 bits per heavy atom. The quantitative estimate of drug-likeness (QED) is 0.524. The molecule has 1 aromatic heterocycles. The van der Waals surface area contributed by atoms with E-state index in [1.165, 1.54) is 6.08 Å². The SMILES string of the molecule is CCOC(=O)/C(C#N)=C/c1cnc(-c2ccccc2)[nH]1. The molecule has 0 spiro atoms. The van der Waals surface area contributed by atoms with E-state index in [4.69, 9.17) is 10.00 Å². The van der Waals surface area contributed by atoms with Gasteiger partial charge in [-0.3, -0.25) is 0 Å². The van der Waals surface area contributed by atoms with Gasteiger partial charge >= 0.3 is 5.97 Å². The molecule has 2 rings (SSSR count). The van der Waals surface area contributed by atoms with Crippen molar-refractivity contribution in [3.05, 3.63) is 47.8 Å². The zero-order valence-corrected chi connectivity index (χ0v) is 11.0. The van der Waals surface area contributed by atoms with Crippen molar-refractivity contribution in [2.45, 2.75) is 6.92 Å². The molecule has 0 aliphatic heterocycles. The van der Waals surface area contributed by atoms with Crippen LogP contribution in [0.1, 0.15) is 12.6 Å². The highest BCUT2D eigenvalue weighted by Crippen LogP contribution is 2.16. The van der Waals surface area contributed by atoms with Gasteiger partial charge in [0.15, 0.2) is 0 Å². The average molecular weight is 267 g/mol. The molecule has 0 saturated carbocycles. The number of hydrogen-bond acceptors (Lipinski definition) is 4. The van der Waals surface area contributed by atoms with Gasteiger partial charge in [-0.25, -0.2) is 9.78 Å². The molecule has 1 heterocycles. The molecular weight excluding hydrogens is 254 g/mol. The van der Waals surface area contributed by atoms with Crippen LogP contribution >= 0.6 is 0 Å². The Balaban J connectivity index is 2.25. The monoisotopic (exact) mass is 267 g/mol. The van der Waals surface area contributed by atoms with E-state index in [1.807, 2.05) is 36.4 Å². The van der Waals surface area contributed by atoms with Crippen molar-refractivity contribution in [2.75, 3.05) is 6.61 Å². The van der Waals surface area contributed by atoms with Gasteiger partial charge in [-0.05, 0) is 13.0 Å². The third kappa shape index (κ3) is 3.12. The summed E-state index contributed by atoms with van der Waals surface area (Å²) in [5.74, 6) is 0.0452. The van der Waals surface area contributed by atoms with Crippen molar-refractivity contribution in [3.63, 3.8) is 0 Å². The van der Waals surface area contributed by atoms with Gasteiger partial charge in [0, 0.05) is 5.56 Å². The topological polar surface area (TPSA) is 78.8 Å². The summed E-state index contributed by atoms with van der Waals surface area (Å²) in [6, 6.07) is 11.4. The third-order valence-corrected chi connectivity index (χ3v) is 2.56. The summed E-state index contributed by atoms with van der Waals surface area (Å²) in [7, 11) is 0. The Morgan fingerprint density at radius 1 is 1.45 bits per heavy atom. The highest BCUT2D eigenvalue weighted by Gasteiger charge is 2.10. The first kappa shape index (κ1) is 13.6. The van der Waals surface area contributed by atoms with Crippen LogP contribution in [0.4, 0.5) is 0 Å². The number of aromatic amines is 1. The molecule has 20 heavy (non-hydrogen) atoms. The van der Waals surface area contributed by atoms with Crippen LogP contribution in [0, 0.1) is 11.3 Å². The number of nitrogens with one attached hydrogen (secondary N) is 1. The summed E-state index contributed by atoms with van der Waals surface area (Å²) in [5.41, 5.74) is 1.45. The third-order valence-electron chi connectivity index (χ3n) is 2.56. The molecule has 5 nitrogen and oxygen atoms in total. The summed E-state index contributed by atoms with van der Waals surface area (Å²) in [6.45, 7) is 1.92. The van der Waals surface area contributed by atoms with Crippen molar-refractivity contribution >= 4 is 12.0 Å². The molecule has 100 valence electrons. The number of ether oxygens (including phenoxy) is 1. The van der Waals surface area contributed by atoms with Crippen LogP contribution in [0.5, 0.6) is 0 Å². The number of imidazole rings is 1. The summed E-state index contributed by atoms with van der Waals surface area (Å²) >= 11 is 0. The van der Waals surface area contributed by atoms with Gasteiger partial charge in [-0.2, -0.15) is 5.26 Å². The second-order valence-corrected chi connectivity index (χ2v) is 3.94. The second kappa shape index (κ2) is 6.34. The summed E-state index contributed by atoms with van der Waals surface area (Å²) < 4.78 is 4.79. The van der Waals surface area contributed by atoms with E-state index in [2.05, 4.69) is 9.97 Å². The van der Waals surface area contributed by atoms with E-state index >= 15 is 0 Å². The zero-order valence-electron chi connectivity index (χ0n) is 11.0. The molecule has 0 amide bonds. The van der Waals surface area contributed by atoms with Crippen LogP contribution in [0.25, 0.3) is 17.5 Å². The lowest BCUT2D eigenvalue weighted by Gasteiger charge is -1.98. The minimum atomic E-state index is -0.633. The highest BCUT2D eigenvalue weighted by atomic mass is 16.5. The molecule has 0 unspecified atom stereocenters. The Kier molecular flexibility index (Phi) is 4.30. The number of nitrogens with zero attached hydrogens (tertiary/aromatic N) is 2. The second-order valence-electron chi connectivity index (χ2n) is 3.94. The number of hydrogen-bond donors (Lipinski definition) is 1. The van der Waals surface area contributed by atoms with Crippen molar-refractivity contribution in [2.24, 2.45) is 0 Å². The first-order valence-corrected chi connectivity index (χ1v) is 6.14. The fourth-order valence-corrected chi connectivity index (χ4v) is 1.65. The standard InChI is InChI=1S/C15H13N3O2/c1-2-20-15(19)12(9-16)8-13-10-17-14(18-13)11-6-4-3-5-7-11/h3-8,10H,2H2,1H3,(H,17,18)/b12-8+. The van der Waals surface area contributed by atoms with Crippen molar-refractivity contribution in [1.29, 1.82) is 5.26 Å². The van der Waals surface area contributed by atoms with Crippen LogP contribution in [-0.2, 0) is 9.53 Å². The van der Waals surface area contributed by atoms with Crippen molar-refractivity contribution in [3.8, 4) is 17.5 Å². The van der Waals surface area contributed by atoms with Gasteiger partial charge in [0.05, 0.1) is 18.5 Å². The maximum absolute atomic E-state index is 11.5. The van der Waals surface area contributed by atoms with E-state index in [0.29, 0.717) is 11.5 Å². The van der Waals surface area contributed by atoms with Crippen LogP contribution in [-0.4, -0.2) is 22.5 Å². The van der Waals surface area contributed by atoms with E-state index < -0.39 is 5.97 Å². The van der Waals surface area contributed by atoms with E-state index in [9.17, 15) is 4.79 Å². The van der Waals surface area contributed by atoms with E-state index in [0.717, 1.165) is 5.56 Å². The number of benzene rings is 1. The predicted molar refractivity (Wildman–Crippen MR) is 74.2 cm³/mol. The summed E-state index contributed by atoms with van der Waals surface area (Å²) in [5, 5.41) is 8.95. The fraction of sp³-hybridized carbons (Fsp3) is 0.133. The predicted octanol–water partition coefficient (Wildman–Crippen LogP) is 2.55. The number of carbonyl (C=O) groups is 1. The molecule has 0 aliphatic rings. The number of rotatable bonds is 4. The normalized spacial score (nSPS) is 10.9. The largest absolute Gasteiger partial charge is 0.462 e. The van der Waals surface area contributed by atoms with Gasteiger partial charge in [0.25, 0.3) is 0 Å². The molecule has 0 radical (unpaired) electrons. The number of aromatic nitrogens is 2. The summed E-state index contributed by atoms with van der Waals surface area (Å²) in [4.78, 5) is 18.8. The maximum Gasteiger partial charge on any atom is 0.348 e. The van der Waals surface area contributed by atoms with Gasteiger partial charge in [0.1, 0.15) is 17.5 Å². The van der Waals surface area contributed by atoms with Crippen molar-refractivity contribution < 1.29 is 9.53 Å². The zero-order chi connectivity index (χ0) is 14.4. The van der Waals surface area contributed by atoms with Gasteiger partial charge < -0.3 is 9.72 Å². The first-order valence-electron chi connectivity index (χ1n) is 6.14. The van der Waals surface area contributed by atoms with Gasteiger partial charge in [-0.1, -0.05) is 30.3 Å². The van der Waals surface area contributed by atoms with Crippen molar-refractivity contribution in [1.82, 2.24) is 9.97 Å². The number of esters is 1. The Hall–Kier alpha value is -2.87. The average Bonchev–Trinajstić information content (AvgIpc) is 2.94. The minimum absolute atomic E-state index is 0.0601. The lowest BCUT2D eigenvalue weighted by Crippen LogP contribution is -2.05. The van der Waals surface area contributed by atoms with Crippen LogP contribution < -0.4 is 0 Å². The van der Waals surface area contributed by atoms with Crippen LogP contribution in [0.15, 0.2) is 42.1 Å². The number of H-pyrrole nitrogens is 1. The molecule has 1 aromatic carbocycles. The lowest BCUT2D eigenvalue weighted by atomic mass is 10.2. The van der Waals surface area contributed by atoms with Crippen LogP contribution in [0.2, 0.25) is 0 Å². The minimum Gasteiger partial charge on any atom is -0.462 e. The molecule has 0 bridgehead atoms. The molecule has 0 saturated heterocycles. The Labute approximate surface area is 116 Å². The molecule has 0 fully saturated rings. The number of carbonyl (C=O) groups excluding carboxylic acids is 1. The van der Waals surface area contributed by atoms with Gasteiger partial charge in [0.2, 0.25) is 0 Å². The number of nitriles is 1. The molecule has 0 aliphatic carbocycles. The maximum atomic E-state index is 11.5. The molecule has 2 aromatic rings. The molecule has 5 heteroatoms. The Bertz CT molecular complexity index is 666. The fourth-order valence-electron chi connectivity index (χ4n) is 1.65. The first-order chi connectivity index (χ1) is 9.74. The highest BCUT2D eigenvalue weighted by molar-refractivity contribution is 5.97. The van der Waals surface area contributed by atoms with Crippen LogP contribution in [0.3, 0.4) is 0 Å². The molecule has 1 N–H and O–H groups in total. The summed E-state index contributed by atoms with van der Waals surface area (Å²) in [6.07, 6.45) is 3.00. The molecule has 0 atom stereocenters.